The number of anilines is 1. The predicted octanol–water partition coefficient (Wildman–Crippen LogP) is 4.51. The number of amides is 1. The van der Waals surface area contributed by atoms with Crippen molar-refractivity contribution >= 4 is 39.0 Å². The monoisotopic (exact) mass is 559 g/mol. The fourth-order valence-electron chi connectivity index (χ4n) is 5.75. The first-order valence-corrected chi connectivity index (χ1v) is 13.5. The summed E-state index contributed by atoms with van der Waals surface area (Å²) in [7, 11) is -2.86. The molecule has 2 aromatic rings. The number of methoxy groups -OCH3 is 1. The Morgan fingerprint density at radius 2 is 1.78 bits per heavy atom. The highest BCUT2D eigenvalue weighted by atomic mass is 35.5. The van der Waals surface area contributed by atoms with Gasteiger partial charge in [0.2, 0.25) is 0 Å². The van der Waals surface area contributed by atoms with Crippen LogP contribution in [0.4, 0.5) is 18.9 Å². The third kappa shape index (κ3) is 4.96. The molecule has 4 rings (SSSR count). The summed E-state index contributed by atoms with van der Waals surface area (Å²) in [5, 5.41) is 12.5. The molecule has 1 amide bonds. The molecule has 2 N–H and O–H groups in total. The van der Waals surface area contributed by atoms with E-state index < -0.39 is 61.9 Å². The van der Waals surface area contributed by atoms with Crippen molar-refractivity contribution in [2.45, 2.75) is 48.4 Å². The third-order valence-corrected chi connectivity index (χ3v) is 10.2. The molecule has 5 atom stereocenters. The van der Waals surface area contributed by atoms with Gasteiger partial charge in [-0.15, -0.1) is 0 Å². The van der Waals surface area contributed by atoms with Crippen LogP contribution in [-0.4, -0.2) is 43.4 Å². The molecule has 0 saturated heterocycles. The molecule has 7 nitrogen and oxygen atoms in total. The molecule has 2 fully saturated rings. The largest absolute Gasteiger partial charge is 0.469 e. The second kappa shape index (κ2) is 9.92. The summed E-state index contributed by atoms with van der Waals surface area (Å²) in [6.07, 6.45) is 0.508. The van der Waals surface area contributed by atoms with Gasteiger partial charge in [-0.05, 0) is 55.2 Å². The first kappa shape index (κ1) is 27.4. The SMILES string of the molecule is COC(=O)C[C@]1(O)[C@@H]2C[C@H](S(=O)(=O)c3cc(C(=O)Nc4cc(F)c(F)c(F)c4)ccc3Cl)C[C@H]1[C@H](C)C2. The lowest BCUT2D eigenvalue weighted by atomic mass is 9.71. The van der Waals surface area contributed by atoms with Crippen LogP contribution in [-0.2, 0) is 19.4 Å². The van der Waals surface area contributed by atoms with E-state index in [4.69, 9.17) is 16.3 Å². The molecule has 200 valence electrons. The minimum Gasteiger partial charge on any atom is -0.469 e. The number of carbonyl (C=O) groups is 2. The van der Waals surface area contributed by atoms with Crippen molar-refractivity contribution in [3.05, 3.63) is 58.4 Å². The number of hydrogen-bond donors (Lipinski definition) is 2. The smallest absolute Gasteiger partial charge is 0.308 e. The zero-order valence-corrected chi connectivity index (χ0v) is 21.5. The number of halogens is 4. The van der Waals surface area contributed by atoms with E-state index in [0.717, 1.165) is 6.07 Å². The number of ether oxygens (including phenoxy) is 1. The summed E-state index contributed by atoms with van der Waals surface area (Å²) in [6, 6.07) is 4.73. The number of esters is 1. The third-order valence-electron chi connectivity index (χ3n) is 7.59. The Morgan fingerprint density at radius 3 is 2.38 bits per heavy atom. The van der Waals surface area contributed by atoms with Crippen LogP contribution in [0, 0.1) is 35.2 Å². The highest BCUT2D eigenvalue weighted by molar-refractivity contribution is 7.92. The van der Waals surface area contributed by atoms with Gasteiger partial charge in [-0.3, -0.25) is 9.59 Å². The molecular weight excluding hydrogens is 535 g/mol. The topological polar surface area (TPSA) is 110 Å². The van der Waals surface area contributed by atoms with Gasteiger partial charge in [-0.1, -0.05) is 18.5 Å². The summed E-state index contributed by atoms with van der Waals surface area (Å²) in [6.45, 7) is 1.90. The average molecular weight is 560 g/mol. The predicted molar refractivity (Wildman–Crippen MR) is 128 cm³/mol. The van der Waals surface area contributed by atoms with E-state index in [9.17, 15) is 36.3 Å². The molecular formula is C25H25ClF3NO6S. The zero-order chi connectivity index (χ0) is 27.3. The van der Waals surface area contributed by atoms with Gasteiger partial charge in [-0.2, -0.15) is 0 Å². The van der Waals surface area contributed by atoms with Crippen molar-refractivity contribution in [2.24, 2.45) is 17.8 Å². The lowest BCUT2D eigenvalue weighted by Crippen LogP contribution is -2.50. The van der Waals surface area contributed by atoms with Crippen molar-refractivity contribution in [2.75, 3.05) is 12.4 Å². The quantitative estimate of drug-likeness (QED) is 0.398. The van der Waals surface area contributed by atoms with E-state index >= 15 is 0 Å². The van der Waals surface area contributed by atoms with Crippen LogP contribution in [0.2, 0.25) is 5.02 Å². The Hall–Kier alpha value is -2.63. The maximum absolute atomic E-state index is 13.7. The van der Waals surface area contributed by atoms with Crippen molar-refractivity contribution in [1.29, 1.82) is 0 Å². The summed E-state index contributed by atoms with van der Waals surface area (Å²) in [5.41, 5.74) is -1.88. The van der Waals surface area contributed by atoms with Crippen LogP contribution >= 0.6 is 11.6 Å². The van der Waals surface area contributed by atoms with Gasteiger partial charge in [0.1, 0.15) is 0 Å². The van der Waals surface area contributed by atoms with Crippen LogP contribution in [0.1, 0.15) is 43.0 Å². The Labute approximate surface area is 216 Å². The van der Waals surface area contributed by atoms with Crippen LogP contribution in [0.5, 0.6) is 0 Å². The Balaban J connectivity index is 1.60. The molecule has 2 bridgehead atoms. The number of rotatable bonds is 6. The zero-order valence-electron chi connectivity index (χ0n) is 19.9. The van der Waals surface area contributed by atoms with Gasteiger partial charge in [-0.25, -0.2) is 21.6 Å². The van der Waals surface area contributed by atoms with Crippen molar-refractivity contribution < 1.29 is 41.0 Å². The molecule has 12 heteroatoms. The van der Waals surface area contributed by atoms with Gasteiger partial charge < -0.3 is 15.2 Å². The Kier molecular flexibility index (Phi) is 7.35. The maximum Gasteiger partial charge on any atom is 0.308 e. The minimum atomic E-state index is -4.08. The van der Waals surface area contributed by atoms with Gasteiger partial charge in [0.25, 0.3) is 5.91 Å². The van der Waals surface area contributed by atoms with Crippen LogP contribution in [0.15, 0.2) is 35.2 Å². The number of carbonyl (C=O) groups excluding carboxylic acids is 2. The van der Waals surface area contributed by atoms with E-state index in [1.54, 1.807) is 0 Å². The maximum atomic E-state index is 13.7. The number of fused-ring (bicyclic) bond motifs is 2. The highest BCUT2D eigenvalue weighted by Gasteiger charge is 2.59. The first-order valence-electron chi connectivity index (χ1n) is 11.6. The van der Waals surface area contributed by atoms with Crippen LogP contribution in [0.25, 0.3) is 0 Å². The molecule has 0 aliphatic heterocycles. The van der Waals surface area contributed by atoms with E-state index in [1.807, 2.05) is 6.92 Å². The van der Waals surface area contributed by atoms with E-state index in [-0.39, 0.29) is 46.3 Å². The molecule has 2 aromatic carbocycles. The molecule has 0 radical (unpaired) electrons. The average Bonchev–Trinajstić information content (AvgIpc) is 2.95. The van der Waals surface area contributed by atoms with Crippen molar-refractivity contribution in [3.8, 4) is 0 Å². The van der Waals surface area contributed by atoms with Crippen LogP contribution < -0.4 is 5.32 Å². The number of nitrogens with one attached hydrogen (secondary N) is 1. The normalized spacial score (nSPS) is 27.1. The minimum absolute atomic E-state index is 0.0241. The van der Waals surface area contributed by atoms with Crippen molar-refractivity contribution in [3.63, 3.8) is 0 Å². The van der Waals surface area contributed by atoms with E-state index in [2.05, 4.69) is 5.32 Å². The molecule has 0 heterocycles. The number of hydrogen-bond acceptors (Lipinski definition) is 6. The second-order valence-corrected chi connectivity index (χ2v) is 12.4. The summed E-state index contributed by atoms with van der Waals surface area (Å²) < 4.78 is 72.2. The first-order chi connectivity index (χ1) is 17.3. The van der Waals surface area contributed by atoms with E-state index in [0.29, 0.717) is 18.6 Å². The molecule has 0 aromatic heterocycles. The molecule has 37 heavy (non-hydrogen) atoms. The van der Waals surface area contributed by atoms with Crippen LogP contribution in [0.3, 0.4) is 0 Å². The van der Waals surface area contributed by atoms with Gasteiger partial charge >= 0.3 is 5.97 Å². The fraction of sp³-hybridized carbons (Fsp3) is 0.440. The molecule has 2 saturated carbocycles. The molecule has 2 aliphatic rings. The summed E-state index contributed by atoms with van der Waals surface area (Å²) in [5.74, 6) is -7.08. The molecule has 2 aliphatic carbocycles. The van der Waals surface area contributed by atoms with Gasteiger partial charge in [0, 0.05) is 23.4 Å². The van der Waals surface area contributed by atoms with Gasteiger partial charge in [0.15, 0.2) is 27.3 Å². The lowest BCUT2D eigenvalue weighted by Gasteiger charge is -2.42. The fourth-order valence-corrected chi connectivity index (χ4v) is 8.13. The standard InChI is InChI=1S/C25H25ClF3NO6S/c1-12-5-14-7-16(10-17(12)25(14,33)11-22(31)36-2)37(34,35)21-6-13(3-4-18(21)26)24(32)30-15-8-19(27)23(29)20(28)9-15/h3-4,6,8-9,12,14,16-17,33H,5,7,10-11H2,1-2H3,(H,30,32)/t12-,14+,16+,17+,25+/m1/s1. The van der Waals surface area contributed by atoms with E-state index in [1.165, 1.54) is 19.2 Å². The molecule has 0 unspecified atom stereocenters. The summed E-state index contributed by atoms with van der Waals surface area (Å²) >= 11 is 6.22. The Morgan fingerprint density at radius 1 is 1.14 bits per heavy atom. The molecule has 0 spiro atoms. The number of sulfone groups is 1. The van der Waals surface area contributed by atoms with Gasteiger partial charge in [0.05, 0.1) is 34.3 Å². The summed E-state index contributed by atoms with van der Waals surface area (Å²) in [4.78, 5) is 24.3. The lowest BCUT2D eigenvalue weighted by molar-refractivity contribution is -0.152. The number of aliphatic hydroxyl groups is 1. The number of benzene rings is 2. The highest BCUT2D eigenvalue weighted by Crippen LogP contribution is 2.56. The van der Waals surface area contributed by atoms with Crippen molar-refractivity contribution in [1.82, 2.24) is 0 Å². The Bertz CT molecular complexity index is 1350. The second-order valence-electron chi connectivity index (χ2n) is 9.75.